The van der Waals surface area contributed by atoms with Gasteiger partial charge in [0.1, 0.15) is 6.10 Å². The van der Waals surface area contributed by atoms with Crippen molar-refractivity contribution < 1.29 is 4.74 Å². The minimum absolute atomic E-state index is 0.0177. The van der Waals surface area contributed by atoms with Gasteiger partial charge in [-0.2, -0.15) is 5.10 Å². The van der Waals surface area contributed by atoms with Crippen LogP contribution in [0.2, 0.25) is 0 Å². The number of thiophene rings is 1. The summed E-state index contributed by atoms with van der Waals surface area (Å²) in [6.45, 7) is 1.53. The summed E-state index contributed by atoms with van der Waals surface area (Å²) in [6.07, 6.45) is 1.79. The number of hydrogen-bond acceptors (Lipinski definition) is 4. The minimum atomic E-state index is -0.0177. The average Bonchev–Trinajstić information content (AvgIpc) is 2.96. The lowest BCUT2D eigenvalue weighted by molar-refractivity contribution is 0.0799. The standard InChI is InChI=1S/C12H17N3OS/c1-13-7-8-16-12(11-4-3-9-17-11)10-5-6-14-15(10)2/h3-6,9,12-13H,7-8H2,1-2H3/t12-/m1/s1. The number of nitrogens with zero attached hydrogens (tertiary/aromatic N) is 2. The van der Waals surface area contributed by atoms with E-state index in [0.29, 0.717) is 6.61 Å². The molecule has 0 saturated heterocycles. The van der Waals surface area contributed by atoms with Crippen molar-refractivity contribution >= 4 is 11.3 Å². The van der Waals surface area contributed by atoms with Gasteiger partial charge in [0.15, 0.2) is 0 Å². The van der Waals surface area contributed by atoms with Gasteiger partial charge in [0, 0.05) is 24.7 Å². The highest BCUT2D eigenvalue weighted by molar-refractivity contribution is 7.10. The minimum Gasteiger partial charge on any atom is -0.365 e. The van der Waals surface area contributed by atoms with Crippen LogP contribution in [0.25, 0.3) is 0 Å². The van der Waals surface area contributed by atoms with E-state index in [0.717, 1.165) is 12.2 Å². The van der Waals surface area contributed by atoms with Gasteiger partial charge in [0.2, 0.25) is 0 Å². The largest absolute Gasteiger partial charge is 0.365 e. The predicted molar refractivity (Wildman–Crippen MR) is 69.2 cm³/mol. The van der Waals surface area contributed by atoms with Crippen LogP contribution in [-0.4, -0.2) is 30.0 Å². The summed E-state index contributed by atoms with van der Waals surface area (Å²) in [6, 6.07) is 6.15. The van der Waals surface area contributed by atoms with E-state index in [-0.39, 0.29) is 6.10 Å². The quantitative estimate of drug-likeness (QED) is 0.796. The molecular formula is C12H17N3OS. The van der Waals surface area contributed by atoms with E-state index in [1.165, 1.54) is 4.88 Å². The monoisotopic (exact) mass is 251 g/mol. The summed E-state index contributed by atoms with van der Waals surface area (Å²) in [5.74, 6) is 0. The van der Waals surface area contributed by atoms with Crippen LogP contribution in [0.15, 0.2) is 29.8 Å². The van der Waals surface area contributed by atoms with Crippen molar-refractivity contribution in [3.05, 3.63) is 40.3 Å². The van der Waals surface area contributed by atoms with Crippen LogP contribution in [0.5, 0.6) is 0 Å². The van der Waals surface area contributed by atoms with Crippen molar-refractivity contribution in [2.45, 2.75) is 6.10 Å². The average molecular weight is 251 g/mol. The normalized spacial score (nSPS) is 12.8. The van der Waals surface area contributed by atoms with Gasteiger partial charge in [-0.3, -0.25) is 4.68 Å². The highest BCUT2D eigenvalue weighted by atomic mass is 32.1. The molecule has 0 aliphatic carbocycles. The Labute approximate surface area is 105 Å². The van der Waals surface area contributed by atoms with Gasteiger partial charge in [-0.1, -0.05) is 6.07 Å². The number of aryl methyl sites for hydroxylation is 1. The molecule has 0 fully saturated rings. The Bertz CT molecular complexity index is 438. The van der Waals surface area contributed by atoms with E-state index in [4.69, 9.17) is 4.74 Å². The second-order valence-electron chi connectivity index (χ2n) is 3.75. The van der Waals surface area contributed by atoms with Crippen LogP contribution < -0.4 is 5.32 Å². The lowest BCUT2D eigenvalue weighted by atomic mass is 10.2. The number of ether oxygens (including phenoxy) is 1. The Balaban J connectivity index is 2.16. The first-order valence-electron chi connectivity index (χ1n) is 5.60. The molecular weight excluding hydrogens is 234 g/mol. The van der Waals surface area contributed by atoms with Crippen molar-refractivity contribution in [2.24, 2.45) is 7.05 Å². The lowest BCUT2D eigenvalue weighted by Gasteiger charge is -2.16. The zero-order valence-electron chi connectivity index (χ0n) is 10.1. The summed E-state index contributed by atoms with van der Waals surface area (Å²) in [5.41, 5.74) is 1.09. The summed E-state index contributed by atoms with van der Waals surface area (Å²) < 4.78 is 7.80. The second-order valence-corrected chi connectivity index (χ2v) is 4.73. The highest BCUT2D eigenvalue weighted by Crippen LogP contribution is 2.28. The van der Waals surface area contributed by atoms with Crippen LogP contribution in [0.4, 0.5) is 0 Å². The van der Waals surface area contributed by atoms with Crippen LogP contribution in [0.3, 0.4) is 0 Å². The van der Waals surface area contributed by atoms with Crippen LogP contribution in [-0.2, 0) is 11.8 Å². The molecule has 0 unspecified atom stereocenters. The third kappa shape index (κ3) is 2.94. The molecule has 0 aromatic carbocycles. The fourth-order valence-corrected chi connectivity index (χ4v) is 2.46. The van der Waals surface area contributed by atoms with Gasteiger partial charge in [0.25, 0.3) is 0 Å². The molecule has 2 rings (SSSR count). The number of likely N-dealkylation sites (N-methyl/N-ethyl adjacent to an activating group) is 1. The van der Waals surface area contributed by atoms with E-state index in [1.54, 1.807) is 17.5 Å². The maximum Gasteiger partial charge on any atom is 0.133 e. The smallest absolute Gasteiger partial charge is 0.133 e. The van der Waals surface area contributed by atoms with E-state index in [2.05, 4.69) is 21.9 Å². The Hall–Kier alpha value is -1.17. The highest BCUT2D eigenvalue weighted by Gasteiger charge is 2.18. The third-order valence-electron chi connectivity index (χ3n) is 2.57. The van der Waals surface area contributed by atoms with Gasteiger partial charge < -0.3 is 10.1 Å². The lowest BCUT2D eigenvalue weighted by Crippen LogP contribution is -2.18. The Morgan fingerprint density at radius 1 is 1.53 bits per heavy atom. The van der Waals surface area contributed by atoms with Gasteiger partial charge in [-0.15, -0.1) is 11.3 Å². The van der Waals surface area contributed by atoms with Gasteiger partial charge >= 0.3 is 0 Å². The molecule has 0 aliphatic rings. The fourth-order valence-electron chi connectivity index (χ4n) is 1.67. The molecule has 5 heteroatoms. The van der Waals surface area contributed by atoms with E-state index in [9.17, 15) is 0 Å². The van der Waals surface area contributed by atoms with Gasteiger partial charge in [-0.05, 0) is 24.6 Å². The molecule has 4 nitrogen and oxygen atoms in total. The molecule has 1 atom stereocenters. The summed E-state index contributed by atoms with van der Waals surface area (Å²) in [4.78, 5) is 1.21. The molecule has 92 valence electrons. The van der Waals surface area contributed by atoms with E-state index < -0.39 is 0 Å². The molecule has 1 N–H and O–H groups in total. The Morgan fingerprint density at radius 3 is 3.00 bits per heavy atom. The Kier molecular flexibility index (Phi) is 4.30. The molecule has 2 heterocycles. The molecule has 17 heavy (non-hydrogen) atoms. The maximum absolute atomic E-state index is 5.94. The Morgan fingerprint density at radius 2 is 2.41 bits per heavy atom. The van der Waals surface area contributed by atoms with Crippen molar-refractivity contribution in [3.8, 4) is 0 Å². The second kappa shape index (κ2) is 5.95. The zero-order chi connectivity index (χ0) is 12.1. The van der Waals surface area contributed by atoms with Crippen molar-refractivity contribution in [1.29, 1.82) is 0 Å². The van der Waals surface area contributed by atoms with Crippen molar-refractivity contribution in [3.63, 3.8) is 0 Å². The first kappa shape index (κ1) is 12.3. The van der Waals surface area contributed by atoms with E-state index >= 15 is 0 Å². The molecule has 0 amide bonds. The topological polar surface area (TPSA) is 39.1 Å². The van der Waals surface area contributed by atoms with E-state index in [1.807, 2.05) is 30.9 Å². The zero-order valence-corrected chi connectivity index (χ0v) is 10.9. The number of aromatic nitrogens is 2. The van der Waals surface area contributed by atoms with Crippen LogP contribution >= 0.6 is 11.3 Å². The predicted octanol–water partition coefficient (Wildman–Crippen LogP) is 1.81. The summed E-state index contributed by atoms with van der Waals surface area (Å²) in [5, 5.41) is 9.36. The van der Waals surface area contributed by atoms with Crippen molar-refractivity contribution in [1.82, 2.24) is 15.1 Å². The summed E-state index contributed by atoms with van der Waals surface area (Å²) >= 11 is 1.71. The van der Waals surface area contributed by atoms with Crippen LogP contribution in [0.1, 0.15) is 16.7 Å². The molecule has 2 aromatic heterocycles. The molecule has 0 spiro atoms. The number of nitrogens with one attached hydrogen (secondary N) is 1. The molecule has 0 bridgehead atoms. The maximum atomic E-state index is 5.94. The van der Waals surface area contributed by atoms with Gasteiger partial charge in [-0.25, -0.2) is 0 Å². The first-order chi connectivity index (χ1) is 8.33. The molecule has 0 saturated carbocycles. The third-order valence-corrected chi connectivity index (χ3v) is 3.48. The fraction of sp³-hybridized carbons (Fsp3) is 0.417. The van der Waals surface area contributed by atoms with Crippen molar-refractivity contribution in [2.75, 3.05) is 20.2 Å². The molecule has 0 radical (unpaired) electrons. The number of rotatable bonds is 6. The first-order valence-corrected chi connectivity index (χ1v) is 6.48. The molecule has 2 aromatic rings. The molecule has 0 aliphatic heterocycles. The summed E-state index contributed by atoms with van der Waals surface area (Å²) in [7, 11) is 3.87. The number of hydrogen-bond donors (Lipinski definition) is 1. The van der Waals surface area contributed by atoms with Crippen LogP contribution in [0, 0.1) is 0 Å². The van der Waals surface area contributed by atoms with Gasteiger partial charge in [0.05, 0.1) is 12.3 Å². The SMILES string of the molecule is CNCCO[C@@H](c1cccs1)c1ccnn1C.